The lowest BCUT2D eigenvalue weighted by Gasteiger charge is -2.69. The maximum atomic E-state index is 12.9. The Kier molecular flexibility index (Phi) is 10.3. The Balaban J connectivity index is 0.940. The lowest BCUT2D eigenvalue weighted by molar-refractivity contribution is -0.242. The first-order valence-corrected chi connectivity index (χ1v) is 22.1. The Morgan fingerprint density at radius 1 is 1.03 bits per heavy atom. The fraction of sp³-hybridized carbons (Fsp3) is 0.556. The Morgan fingerprint density at radius 3 is 2.56 bits per heavy atom. The van der Waals surface area contributed by atoms with Crippen molar-refractivity contribution in [2.24, 2.45) is 27.0 Å². The molecule has 0 amide bonds. The van der Waals surface area contributed by atoms with Crippen LogP contribution >= 0.6 is 11.3 Å². The maximum absolute atomic E-state index is 12.9. The molecule has 4 bridgehead atoms. The topological polar surface area (TPSA) is 167 Å². The van der Waals surface area contributed by atoms with Crippen molar-refractivity contribution < 1.29 is 14.6 Å². The van der Waals surface area contributed by atoms with Gasteiger partial charge < -0.3 is 31.1 Å². The number of aliphatic imine (C=N–C) groups is 1. The van der Waals surface area contributed by atoms with Crippen LogP contribution in [0.4, 0.5) is 22.6 Å². The highest BCUT2D eigenvalue weighted by atomic mass is 32.1. The zero-order chi connectivity index (χ0) is 41.2. The molecule has 5 N–H and O–H groups in total. The summed E-state index contributed by atoms with van der Waals surface area (Å²) in [6.07, 6.45) is 9.90. The van der Waals surface area contributed by atoms with E-state index in [1.807, 2.05) is 30.9 Å². The summed E-state index contributed by atoms with van der Waals surface area (Å²) in [7, 11) is 0. The number of carbonyl (C=O) groups is 1. The van der Waals surface area contributed by atoms with Crippen LogP contribution in [0.3, 0.4) is 0 Å². The molecule has 3 aromatic heterocycles. The molecule has 5 heterocycles. The van der Waals surface area contributed by atoms with Crippen molar-refractivity contribution in [3.8, 4) is 0 Å². The Morgan fingerprint density at radius 2 is 1.81 bits per heavy atom. The molecule has 0 spiro atoms. The number of benzene rings is 1. The van der Waals surface area contributed by atoms with E-state index in [-0.39, 0.29) is 27.5 Å². The number of rotatable bonds is 12. The molecule has 0 radical (unpaired) electrons. The van der Waals surface area contributed by atoms with Crippen LogP contribution in [0.15, 0.2) is 41.5 Å². The number of hydrogen-bond donors (Lipinski definition) is 4. The third-order valence-electron chi connectivity index (χ3n) is 13.7. The van der Waals surface area contributed by atoms with Crippen molar-refractivity contribution in [2.75, 3.05) is 62.6 Å². The average molecular weight is 819 g/mol. The SMILES string of the molecule is CC(=NCC12CC3(C)CC(C)(C1)CC(OCCN1CCNCC1)(C3)C2)C(=CN)c1ccc(N2CCCc3c2nnc(Nc2nc4cc(C)ccc4s2)c3C)nc1C(=O)O. The largest absolute Gasteiger partial charge is 0.476 e. The smallest absolute Gasteiger partial charge is 0.355 e. The molecule has 4 saturated carbocycles. The summed E-state index contributed by atoms with van der Waals surface area (Å²) in [4.78, 5) is 32.2. The van der Waals surface area contributed by atoms with Crippen molar-refractivity contribution in [3.05, 3.63) is 64.5 Å². The summed E-state index contributed by atoms with van der Waals surface area (Å²) >= 11 is 1.58. The van der Waals surface area contributed by atoms with Crippen LogP contribution in [0, 0.1) is 30.1 Å². The molecular weight excluding hydrogens is 761 g/mol. The molecule has 10 rings (SSSR count). The number of aromatic carboxylic acids is 1. The fourth-order valence-electron chi connectivity index (χ4n) is 12.3. The molecule has 4 aromatic rings. The average Bonchev–Trinajstić information content (AvgIpc) is 3.59. The number of thiazole rings is 1. The summed E-state index contributed by atoms with van der Waals surface area (Å²) in [6.45, 7) is 18.3. The number of ether oxygens (including phenoxy) is 1. The second kappa shape index (κ2) is 15.2. The van der Waals surface area contributed by atoms with Gasteiger partial charge in [0.05, 0.1) is 22.4 Å². The first-order valence-electron chi connectivity index (χ1n) is 21.3. The summed E-state index contributed by atoms with van der Waals surface area (Å²) in [5, 5.41) is 27.4. The van der Waals surface area contributed by atoms with Gasteiger partial charge >= 0.3 is 5.97 Å². The van der Waals surface area contributed by atoms with Crippen LogP contribution in [-0.2, 0) is 11.2 Å². The van der Waals surface area contributed by atoms with E-state index in [2.05, 4.69) is 64.7 Å². The van der Waals surface area contributed by atoms with Gasteiger partial charge in [-0.3, -0.25) is 9.89 Å². The molecule has 1 saturated heterocycles. The highest BCUT2D eigenvalue weighted by Gasteiger charge is 2.66. The van der Waals surface area contributed by atoms with Gasteiger partial charge in [-0.1, -0.05) is 31.3 Å². The molecule has 13 nitrogen and oxygen atoms in total. The van der Waals surface area contributed by atoms with Crippen LogP contribution in [0.25, 0.3) is 15.8 Å². The van der Waals surface area contributed by atoms with E-state index in [4.69, 9.17) is 25.4 Å². The minimum absolute atomic E-state index is 0.0235. The number of anilines is 4. The van der Waals surface area contributed by atoms with Crippen LogP contribution < -0.4 is 21.3 Å². The quantitative estimate of drug-likeness (QED) is 0.105. The molecule has 312 valence electrons. The number of nitrogens with two attached hydrogens (primary N) is 1. The number of nitrogens with one attached hydrogen (secondary N) is 2. The van der Waals surface area contributed by atoms with Gasteiger partial charge in [-0.05, 0) is 118 Å². The van der Waals surface area contributed by atoms with Crippen LogP contribution in [-0.4, -0.2) is 99.9 Å². The highest BCUT2D eigenvalue weighted by Crippen LogP contribution is 2.71. The molecule has 2 atom stereocenters. The molecule has 4 aliphatic carbocycles. The number of hydrogen-bond acceptors (Lipinski definition) is 13. The maximum Gasteiger partial charge on any atom is 0.355 e. The zero-order valence-corrected chi connectivity index (χ0v) is 36.0. The van der Waals surface area contributed by atoms with E-state index in [1.165, 1.54) is 18.2 Å². The van der Waals surface area contributed by atoms with E-state index < -0.39 is 5.97 Å². The molecule has 5 fully saturated rings. The second-order valence-corrected chi connectivity index (χ2v) is 20.0. The van der Waals surface area contributed by atoms with Crippen molar-refractivity contribution in [1.82, 2.24) is 30.4 Å². The number of allylic oxidation sites excluding steroid dienone is 1. The lowest BCUT2D eigenvalue weighted by Crippen LogP contribution is -2.64. The lowest BCUT2D eigenvalue weighted by atomic mass is 9.39. The number of piperazine rings is 1. The monoisotopic (exact) mass is 818 g/mol. The first-order chi connectivity index (χ1) is 28.3. The third kappa shape index (κ3) is 7.73. The standard InChI is InChI=1S/C45H58N10O3S/c1-28-8-10-35-34(19-28)49-41(59-35)51-38-29(2)31-7-6-14-55(39(31)53-52-38)36-11-9-32(37(50-36)40(56)57)33(20-46)30(3)48-27-44-22-42(4)21-43(5,23-44)25-45(24-42,26-44)58-18-17-54-15-12-47-13-16-54/h8-11,19-20,47H,6-7,12-18,21-27,46H2,1-5H3,(H,56,57)(H,49,51,52). The van der Waals surface area contributed by atoms with Gasteiger partial charge in [-0.2, -0.15) is 0 Å². The Hall–Kier alpha value is -4.50. The Labute approximate surface area is 351 Å². The van der Waals surface area contributed by atoms with Crippen molar-refractivity contribution in [2.45, 2.75) is 91.6 Å². The van der Waals surface area contributed by atoms with Gasteiger partial charge in [-0.15, -0.1) is 10.2 Å². The molecule has 1 aromatic carbocycles. The van der Waals surface area contributed by atoms with E-state index in [0.717, 1.165) is 116 Å². The number of nitrogens with zero attached hydrogens (tertiary/aromatic N) is 7. The molecule has 14 heteroatoms. The zero-order valence-electron chi connectivity index (χ0n) is 35.2. The van der Waals surface area contributed by atoms with Gasteiger partial charge in [0.25, 0.3) is 0 Å². The van der Waals surface area contributed by atoms with Gasteiger partial charge in [0.2, 0.25) is 0 Å². The number of carboxylic acid groups (broad SMARTS) is 1. The van der Waals surface area contributed by atoms with Gasteiger partial charge in [-0.25, -0.2) is 14.8 Å². The minimum Gasteiger partial charge on any atom is -0.476 e. The molecule has 6 aliphatic rings. The van der Waals surface area contributed by atoms with E-state index in [0.29, 0.717) is 41.7 Å². The van der Waals surface area contributed by atoms with Crippen molar-refractivity contribution in [3.63, 3.8) is 0 Å². The van der Waals surface area contributed by atoms with Crippen LogP contribution in [0.2, 0.25) is 0 Å². The van der Waals surface area contributed by atoms with Crippen LogP contribution in [0.1, 0.15) is 98.5 Å². The summed E-state index contributed by atoms with van der Waals surface area (Å²) in [5.41, 5.74) is 12.5. The molecule has 59 heavy (non-hydrogen) atoms. The van der Waals surface area contributed by atoms with Crippen molar-refractivity contribution >= 4 is 61.4 Å². The second-order valence-electron chi connectivity index (χ2n) is 19.0. The summed E-state index contributed by atoms with van der Waals surface area (Å²) in [5.74, 6) is 0.729. The van der Waals surface area contributed by atoms with Crippen molar-refractivity contribution in [1.29, 1.82) is 0 Å². The van der Waals surface area contributed by atoms with Gasteiger partial charge in [0.1, 0.15) is 5.82 Å². The van der Waals surface area contributed by atoms with E-state index in [1.54, 1.807) is 11.3 Å². The fourth-order valence-corrected chi connectivity index (χ4v) is 13.2. The Bertz CT molecular complexity index is 2330. The predicted molar refractivity (Wildman–Crippen MR) is 235 cm³/mol. The van der Waals surface area contributed by atoms with E-state index >= 15 is 0 Å². The number of fused-ring (bicyclic) bond motifs is 2. The number of carboxylic acids is 1. The summed E-state index contributed by atoms with van der Waals surface area (Å²) in [6, 6.07) is 9.94. The highest BCUT2D eigenvalue weighted by molar-refractivity contribution is 7.22. The van der Waals surface area contributed by atoms with Gasteiger partial charge in [0.15, 0.2) is 22.5 Å². The molecule has 2 unspecified atom stereocenters. The number of aryl methyl sites for hydroxylation is 1. The van der Waals surface area contributed by atoms with Gasteiger partial charge in [0, 0.05) is 80.0 Å². The normalized spacial score (nSPS) is 28.3. The van der Waals surface area contributed by atoms with Crippen LogP contribution in [0.5, 0.6) is 0 Å². The number of aromatic nitrogens is 4. The first kappa shape index (κ1) is 39.9. The molecular formula is C45H58N10O3S. The third-order valence-corrected chi connectivity index (χ3v) is 14.6. The predicted octanol–water partition coefficient (Wildman–Crippen LogP) is 7.43. The van der Waals surface area contributed by atoms with E-state index in [9.17, 15) is 9.90 Å². The number of pyridine rings is 1. The minimum atomic E-state index is -1.12. The summed E-state index contributed by atoms with van der Waals surface area (Å²) < 4.78 is 8.09. The molecule has 2 aliphatic heterocycles.